The molecule has 0 radical (unpaired) electrons. The molecule has 0 unspecified atom stereocenters. The number of nitrogens with zero attached hydrogens (tertiary/aromatic N) is 3. The number of halogens is 1. The van der Waals surface area contributed by atoms with Crippen LogP contribution in [0.4, 0.5) is 11.5 Å². The number of hydrogen-bond donors (Lipinski definition) is 0. The van der Waals surface area contributed by atoms with E-state index in [1.54, 1.807) is 12.1 Å². The zero-order chi connectivity index (χ0) is 11.4. The number of aromatic nitrogens is 1. The van der Waals surface area contributed by atoms with Crippen LogP contribution in [0.5, 0.6) is 0 Å². The van der Waals surface area contributed by atoms with E-state index in [1.807, 2.05) is 48.1 Å². The molecule has 16 heavy (non-hydrogen) atoms. The molecule has 0 N–H and O–H groups in total. The monoisotopic (exact) mass is 232 g/mol. The summed E-state index contributed by atoms with van der Waals surface area (Å²) in [5.41, 5.74) is 0.785. The second kappa shape index (κ2) is 4.86. The van der Waals surface area contributed by atoms with Gasteiger partial charge in [-0.25, -0.2) is 4.57 Å². The van der Waals surface area contributed by atoms with E-state index in [4.69, 9.17) is 11.6 Å². The number of aryl methyl sites for hydroxylation is 1. The van der Waals surface area contributed by atoms with Crippen LogP contribution < -0.4 is 4.57 Å². The average Bonchev–Trinajstić information content (AvgIpc) is 2.30. The van der Waals surface area contributed by atoms with Crippen molar-refractivity contribution in [3.8, 4) is 0 Å². The Bertz CT molecular complexity index is 506. The number of rotatable bonds is 2. The molecule has 2 rings (SSSR count). The first-order valence-electron chi connectivity index (χ1n) is 4.88. The molecule has 3 nitrogen and oxygen atoms in total. The molecule has 0 saturated heterocycles. The summed E-state index contributed by atoms with van der Waals surface area (Å²) in [4.78, 5) is 0. The fourth-order valence-corrected chi connectivity index (χ4v) is 1.36. The molecule has 1 aromatic heterocycles. The minimum atomic E-state index is 0.698. The molecule has 0 aliphatic carbocycles. The first-order valence-corrected chi connectivity index (χ1v) is 5.25. The van der Waals surface area contributed by atoms with Gasteiger partial charge in [0.15, 0.2) is 0 Å². The number of pyridine rings is 1. The Kier molecular flexibility index (Phi) is 3.27. The van der Waals surface area contributed by atoms with Crippen LogP contribution in [0.15, 0.2) is 58.9 Å². The second-order valence-corrected chi connectivity index (χ2v) is 3.78. The van der Waals surface area contributed by atoms with Crippen molar-refractivity contribution in [3.63, 3.8) is 0 Å². The molecule has 0 amide bonds. The third-order valence-corrected chi connectivity index (χ3v) is 2.37. The molecule has 0 aliphatic heterocycles. The predicted molar refractivity (Wildman–Crippen MR) is 63.2 cm³/mol. The smallest absolute Gasteiger partial charge is 0.232 e. The topological polar surface area (TPSA) is 28.6 Å². The number of azo groups is 1. The minimum absolute atomic E-state index is 0.698. The Morgan fingerprint density at radius 1 is 1.00 bits per heavy atom. The lowest BCUT2D eigenvalue weighted by molar-refractivity contribution is -0.658. The molecule has 80 valence electrons. The summed E-state index contributed by atoms with van der Waals surface area (Å²) in [6.45, 7) is 0. The lowest BCUT2D eigenvalue weighted by Gasteiger charge is -1.91. The molecule has 0 bridgehead atoms. The van der Waals surface area contributed by atoms with Gasteiger partial charge in [-0.3, -0.25) is 0 Å². The standard InChI is InChI=1S/C12H11ClN3/c1-16-9-3-2-4-12(16)15-14-11-7-5-10(13)6-8-11/h2-9H,1H3/q+1. The van der Waals surface area contributed by atoms with E-state index < -0.39 is 0 Å². The van der Waals surface area contributed by atoms with Crippen molar-refractivity contribution in [2.24, 2.45) is 17.3 Å². The maximum atomic E-state index is 5.78. The van der Waals surface area contributed by atoms with Crippen molar-refractivity contribution in [1.29, 1.82) is 0 Å². The maximum Gasteiger partial charge on any atom is 0.350 e. The van der Waals surface area contributed by atoms with Crippen molar-refractivity contribution in [2.75, 3.05) is 0 Å². The van der Waals surface area contributed by atoms with Gasteiger partial charge in [-0.15, -0.1) is 0 Å². The van der Waals surface area contributed by atoms with E-state index in [9.17, 15) is 0 Å². The summed E-state index contributed by atoms with van der Waals surface area (Å²) in [5, 5.41) is 8.97. The Labute approximate surface area is 99.0 Å². The molecule has 1 heterocycles. The highest BCUT2D eigenvalue weighted by molar-refractivity contribution is 6.30. The molecular weight excluding hydrogens is 222 g/mol. The first kappa shape index (κ1) is 10.8. The third-order valence-electron chi connectivity index (χ3n) is 2.12. The van der Waals surface area contributed by atoms with E-state index >= 15 is 0 Å². The fraction of sp³-hybridized carbons (Fsp3) is 0.0833. The highest BCUT2D eigenvalue weighted by atomic mass is 35.5. The number of benzene rings is 1. The van der Waals surface area contributed by atoms with Gasteiger partial charge < -0.3 is 0 Å². The molecule has 0 spiro atoms. The molecule has 0 atom stereocenters. The van der Waals surface area contributed by atoms with Crippen molar-refractivity contribution in [3.05, 3.63) is 53.7 Å². The highest BCUT2D eigenvalue weighted by Crippen LogP contribution is 2.18. The normalized spacial score (nSPS) is 10.9. The van der Waals surface area contributed by atoms with E-state index in [0.717, 1.165) is 11.5 Å². The lowest BCUT2D eigenvalue weighted by Crippen LogP contribution is -2.26. The van der Waals surface area contributed by atoms with Crippen molar-refractivity contribution in [2.45, 2.75) is 0 Å². The SMILES string of the molecule is C[n+]1ccccc1N=Nc1ccc(Cl)cc1. The van der Waals surface area contributed by atoms with Gasteiger partial charge in [0.2, 0.25) is 0 Å². The molecular formula is C12H11ClN3+. The van der Waals surface area contributed by atoms with Crippen LogP contribution in [0.2, 0.25) is 5.02 Å². The molecule has 1 aromatic carbocycles. The third kappa shape index (κ3) is 2.64. The Morgan fingerprint density at radius 2 is 1.75 bits per heavy atom. The summed E-state index contributed by atoms with van der Waals surface area (Å²) >= 11 is 5.78. The van der Waals surface area contributed by atoms with Gasteiger partial charge in [0.25, 0.3) is 0 Å². The van der Waals surface area contributed by atoms with E-state index in [0.29, 0.717) is 5.02 Å². The predicted octanol–water partition coefficient (Wildman–Crippen LogP) is 3.58. The van der Waals surface area contributed by atoms with Crippen LogP contribution in [-0.4, -0.2) is 0 Å². The Balaban J connectivity index is 2.21. The van der Waals surface area contributed by atoms with Crippen molar-refractivity contribution >= 4 is 23.1 Å². The molecule has 2 aromatic rings. The summed E-state index contributed by atoms with van der Waals surface area (Å²) < 4.78 is 1.90. The van der Waals surface area contributed by atoms with E-state index in [-0.39, 0.29) is 0 Å². The van der Waals surface area contributed by atoms with Gasteiger partial charge in [-0.1, -0.05) is 17.7 Å². The van der Waals surface area contributed by atoms with Crippen molar-refractivity contribution in [1.82, 2.24) is 0 Å². The van der Waals surface area contributed by atoms with Crippen LogP contribution in [0.3, 0.4) is 0 Å². The Hall–Kier alpha value is -1.74. The van der Waals surface area contributed by atoms with Crippen LogP contribution in [-0.2, 0) is 7.05 Å². The van der Waals surface area contributed by atoms with Gasteiger partial charge >= 0.3 is 5.82 Å². The average molecular weight is 233 g/mol. The first-order chi connectivity index (χ1) is 7.75. The lowest BCUT2D eigenvalue weighted by atomic mass is 10.3. The summed E-state index contributed by atoms with van der Waals surface area (Å²) in [6.07, 6.45) is 1.93. The summed E-state index contributed by atoms with van der Waals surface area (Å²) in [7, 11) is 1.93. The zero-order valence-corrected chi connectivity index (χ0v) is 9.59. The molecule has 4 heteroatoms. The Morgan fingerprint density at radius 3 is 2.44 bits per heavy atom. The van der Waals surface area contributed by atoms with E-state index in [1.165, 1.54) is 0 Å². The molecule has 0 fully saturated rings. The zero-order valence-electron chi connectivity index (χ0n) is 8.84. The van der Waals surface area contributed by atoms with Gasteiger partial charge in [0.1, 0.15) is 5.69 Å². The quantitative estimate of drug-likeness (QED) is 0.560. The number of hydrogen-bond acceptors (Lipinski definition) is 2. The van der Waals surface area contributed by atoms with Gasteiger partial charge in [0, 0.05) is 11.1 Å². The molecule has 0 saturated carbocycles. The molecule has 0 aliphatic rings. The largest absolute Gasteiger partial charge is 0.350 e. The van der Waals surface area contributed by atoms with Gasteiger partial charge in [-0.05, 0) is 35.4 Å². The second-order valence-electron chi connectivity index (χ2n) is 3.35. The minimum Gasteiger partial charge on any atom is -0.232 e. The van der Waals surface area contributed by atoms with Gasteiger partial charge in [-0.2, -0.15) is 0 Å². The van der Waals surface area contributed by atoms with Crippen LogP contribution in [0.25, 0.3) is 0 Å². The highest BCUT2D eigenvalue weighted by Gasteiger charge is 2.03. The summed E-state index contributed by atoms with van der Waals surface area (Å²) in [6, 6.07) is 13.0. The van der Waals surface area contributed by atoms with Crippen LogP contribution in [0, 0.1) is 0 Å². The fourth-order valence-electron chi connectivity index (χ4n) is 1.23. The van der Waals surface area contributed by atoms with Crippen LogP contribution >= 0.6 is 11.6 Å². The summed E-state index contributed by atoms with van der Waals surface area (Å²) in [5.74, 6) is 0.803. The van der Waals surface area contributed by atoms with Crippen LogP contribution in [0.1, 0.15) is 0 Å². The van der Waals surface area contributed by atoms with Crippen molar-refractivity contribution < 1.29 is 4.57 Å². The van der Waals surface area contributed by atoms with E-state index in [2.05, 4.69) is 10.2 Å². The van der Waals surface area contributed by atoms with Gasteiger partial charge in [0.05, 0.1) is 18.4 Å². The maximum absolute atomic E-state index is 5.78.